The zero-order valence-corrected chi connectivity index (χ0v) is 20.0. The number of carbonyl (C=O) groups excluding carboxylic acids is 2. The van der Waals surface area contributed by atoms with E-state index in [1.807, 2.05) is 42.2 Å². The fourth-order valence-corrected chi connectivity index (χ4v) is 4.40. The number of piperazine rings is 1. The molecule has 0 bridgehead atoms. The number of hydrogen-bond acceptors (Lipinski definition) is 5. The van der Waals surface area contributed by atoms with Crippen molar-refractivity contribution in [1.29, 1.82) is 0 Å². The van der Waals surface area contributed by atoms with Gasteiger partial charge in [-0.3, -0.25) is 19.7 Å². The molecule has 0 saturated carbocycles. The normalized spacial score (nSPS) is 13.4. The lowest BCUT2D eigenvalue weighted by atomic mass is 10.1. The van der Waals surface area contributed by atoms with Gasteiger partial charge in [0.2, 0.25) is 5.91 Å². The summed E-state index contributed by atoms with van der Waals surface area (Å²) in [4.78, 5) is 39.5. The number of aryl methyl sites for hydroxylation is 1. The summed E-state index contributed by atoms with van der Waals surface area (Å²) in [7, 11) is 0. The molecule has 1 heterocycles. The van der Waals surface area contributed by atoms with Gasteiger partial charge in [0.05, 0.1) is 22.1 Å². The molecule has 3 aromatic rings. The van der Waals surface area contributed by atoms with Crippen LogP contribution in [0.2, 0.25) is 5.02 Å². The van der Waals surface area contributed by atoms with Gasteiger partial charge in [-0.1, -0.05) is 41.9 Å². The second kappa shape index (κ2) is 10.6. The maximum Gasteiger partial charge on any atom is 0.269 e. The molecule has 8 nitrogen and oxygen atoms in total. The molecule has 0 radical (unpaired) electrons. The summed E-state index contributed by atoms with van der Waals surface area (Å²) < 4.78 is 0. The topological polar surface area (TPSA) is 95.8 Å². The van der Waals surface area contributed by atoms with Gasteiger partial charge in [-0.15, -0.1) is 0 Å². The molecule has 1 aliphatic rings. The maximum absolute atomic E-state index is 12.9. The van der Waals surface area contributed by atoms with Crippen LogP contribution in [0, 0.1) is 17.0 Å². The van der Waals surface area contributed by atoms with Gasteiger partial charge in [-0.05, 0) is 42.3 Å². The number of benzene rings is 3. The van der Waals surface area contributed by atoms with Crippen molar-refractivity contribution in [2.24, 2.45) is 0 Å². The minimum absolute atomic E-state index is 0.0168. The Morgan fingerprint density at radius 1 is 1.00 bits per heavy atom. The van der Waals surface area contributed by atoms with E-state index < -0.39 is 4.92 Å². The highest BCUT2D eigenvalue weighted by Crippen LogP contribution is 2.30. The predicted octanol–water partition coefficient (Wildman–Crippen LogP) is 4.70. The molecule has 1 aliphatic heterocycles. The van der Waals surface area contributed by atoms with Crippen LogP contribution < -0.4 is 10.2 Å². The van der Waals surface area contributed by atoms with Crippen LogP contribution in [0.1, 0.15) is 21.5 Å². The molecular formula is C26H25ClN4O4. The first-order valence-electron chi connectivity index (χ1n) is 11.2. The Bertz CT molecular complexity index is 1250. The summed E-state index contributed by atoms with van der Waals surface area (Å²) in [6, 6.07) is 18.8. The summed E-state index contributed by atoms with van der Waals surface area (Å²) in [6.45, 7) is 4.44. The van der Waals surface area contributed by atoms with Crippen molar-refractivity contribution < 1.29 is 14.5 Å². The van der Waals surface area contributed by atoms with E-state index in [0.29, 0.717) is 42.5 Å². The molecule has 0 atom stereocenters. The summed E-state index contributed by atoms with van der Waals surface area (Å²) >= 11 is 6.53. The van der Waals surface area contributed by atoms with Crippen LogP contribution in [0.15, 0.2) is 66.7 Å². The molecule has 180 valence electrons. The molecule has 3 aromatic carbocycles. The van der Waals surface area contributed by atoms with E-state index in [0.717, 1.165) is 16.8 Å². The number of nitrogens with one attached hydrogen (secondary N) is 1. The van der Waals surface area contributed by atoms with Gasteiger partial charge in [0.1, 0.15) is 0 Å². The molecule has 35 heavy (non-hydrogen) atoms. The van der Waals surface area contributed by atoms with Crippen LogP contribution in [-0.2, 0) is 11.2 Å². The molecule has 2 amide bonds. The van der Waals surface area contributed by atoms with Gasteiger partial charge in [0.15, 0.2) is 0 Å². The first-order chi connectivity index (χ1) is 16.8. The van der Waals surface area contributed by atoms with E-state index in [-0.39, 0.29) is 23.9 Å². The van der Waals surface area contributed by atoms with Crippen molar-refractivity contribution in [2.75, 3.05) is 36.4 Å². The van der Waals surface area contributed by atoms with Gasteiger partial charge < -0.3 is 15.1 Å². The van der Waals surface area contributed by atoms with Gasteiger partial charge in [-0.2, -0.15) is 0 Å². The zero-order chi connectivity index (χ0) is 24.9. The van der Waals surface area contributed by atoms with Crippen LogP contribution in [0.5, 0.6) is 0 Å². The molecule has 4 rings (SSSR count). The number of nitro groups is 1. The molecular weight excluding hydrogens is 468 g/mol. The fraction of sp³-hybridized carbons (Fsp3) is 0.231. The van der Waals surface area contributed by atoms with E-state index >= 15 is 0 Å². The van der Waals surface area contributed by atoms with Gasteiger partial charge in [-0.25, -0.2) is 0 Å². The minimum Gasteiger partial charge on any atom is -0.367 e. The minimum atomic E-state index is -0.477. The third kappa shape index (κ3) is 5.78. The average molecular weight is 493 g/mol. The largest absolute Gasteiger partial charge is 0.367 e. The van der Waals surface area contributed by atoms with Crippen molar-refractivity contribution in [3.8, 4) is 0 Å². The highest BCUT2D eigenvalue weighted by atomic mass is 35.5. The third-order valence-corrected chi connectivity index (χ3v) is 6.33. The van der Waals surface area contributed by atoms with Crippen LogP contribution in [0.25, 0.3) is 0 Å². The first kappa shape index (κ1) is 24.2. The lowest BCUT2D eigenvalue weighted by molar-refractivity contribution is -0.384. The third-order valence-electron chi connectivity index (χ3n) is 6.03. The van der Waals surface area contributed by atoms with Crippen LogP contribution in [0.4, 0.5) is 17.1 Å². The predicted molar refractivity (Wildman–Crippen MR) is 136 cm³/mol. The second-order valence-corrected chi connectivity index (χ2v) is 8.82. The number of carbonyl (C=O) groups is 2. The Kier molecular flexibility index (Phi) is 7.31. The van der Waals surface area contributed by atoms with Gasteiger partial charge >= 0.3 is 0 Å². The molecule has 0 spiro atoms. The Morgan fingerprint density at radius 2 is 1.69 bits per heavy atom. The molecule has 9 heteroatoms. The lowest BCUT2D eigenvalue weighted by Gasteiger charge is -2.36. The van der Waals surface area contributed by atoms with E-state index in [4.69, 9.17) is 11.6 Å². The zero-order valence-electron chi connectivity index (χ0n) is 19.2. The number of halogens is 1. The summed E-state index contributed by atoms with van der Waals surface area (Å²) in [5.41, 5.74) is 3.77. The van der Waals surface area contributed by atoms with E-state index in [1.165, 1.54) is 12.1 Å². The second-order valence-electron chi connectivity index (χ2n) is 8.41. The molecule has 0 unspecified atom stereocenters. The number of rotatable bonds is 6. The summed E-state index contributed by atoms with van der Waals surface area (Å²) in [5.74, 6) is -0.203. The molecule has 1 saturated heterocycles. The Balaban J connectivity index is 1.33. The number of non-ortho nitro benzene ring substituents is 1. The molecule has 0 aliphatic carbocycles. The summed E-state index contributed by atoms with van der Waals surface area (Å²) in [6.07, 6.45) is 0.0915. The van der Waals surface area contributed by atoms with Crippen molar-refractivity contribution in [2.45, 2.75) is 13.3 Å². The van der Waals surface area contributed by atoms with Crippen molar-refractivity contribution >= 4 is 40.5 Å². The van der Waals surface area contributed by atoms with Gasteiger partial charge in [0.25, 0.3) is 11.6 Å². The first-order valence-corrected chi connectivity index (χ1v) is 11.6. The number of anilines is 2. The molecule has 1 N–H and O–H groups in total. The monoisotopic (exact) mass is 492 g/mol. The lowest BCUT2D eigenvalue weighted by Crippen LogP contribution is -2.49. The summed E-state index contributed by atoms with van der Waals surface area (Å²) in [5, 5.41) is 14.1. The van der Waals surface area contributed by atoms with Crippen molar-refractivity contribution in [3.63, 3.8) is 0 Å². The van der Waals surface area contributed by atoms with Crippen LogP contribution in [-0.4, -0.2) is 47.8 Å². The fourth-order valence-electron chi connectivity index (χ4n) is 4.10. The number of nitrogens with zero attached hydrogens (tertiary/aromatic N) is 3. The van der Waals surface area contributed by atoms with Crippen LogP contribution in [0.3, 0.4) is 0 Å². The maximum atomic E-state index is 12.9. The Morgan fingerprint density at radius 3 is 2.31 bits per heavy atom. The number of hydrogen-bond donors (Lipinski definition) is 1. The number of amides is 2. The SMILES string of the molecule is Cc1ccccc1C(=O)N1CCN(c2ccc(NC(=O)Cc3ccc([N+](=O)[O-])cc3)cc2Cl)CC1. The van der Waals surface area contributed by atoms with E-state index in [2.05, 4.69) is 10.2 Å². The van der Waals surface area contributed by atoms with Crippen molar-refractivity contribution in [3.05, 3.63) is 98.6 Å². The molecule has 1 fully saturated rings. The Hall–Kier alpha value is -3.91. The molecule has 0 aromatic heterocycles. The van der Waals surface area contributed by atoms with Crippen molar-refractivity contribution in [1.82, 2.24) is 4.90 Å². The smallest absolute Gasteiger partial charge is 0.269 e. The average Bonchev–Trinajstić information content (AvgIpc) is 2.84. The van der Waals surface area contributed by atoms with Crippen LogP contribution >= 0.6 is 11.6 Å². The van der Waals surface area contributed by atoms with E-state index in [9.17, 15) is 19.7 Å². The quantitative estimate of drug-likeness (QED) is 0.397. The number of nitro benzene ring substituents is 1. The van der Waals surface area contributed by atoms with E-state index in [1.54, 1.807) is 24.3 Å². The highest BCUT2D eigenvalue weighted by Gasteiger charge is 2.24. The standard InChI is InChI=1S/C26H25ClN4O4/c1-18-4-2-3-5-22(18)26(33)30-14-12-29(13-15-30)24-11-8-20(17-23(24)27)28-25(32)16-19-6-9-21(10-7-19)31(34)35/h2-11,17H,12-16H2,1H3,(H,28,32). The van der Waals surface area contributed by atoms with Gasteiger partial charge in [0, 0.05) is 49.6 Å². The highest BCUT2D eigenvalue weighted by molar-refractivity contribution is 6.33. The Labute approximate surface area is 208 Å².